The standard InChI is InChI=1S/C18H18NO3S4Si/c1-20-27(21-2,22-3)9-8-11-16(24)12(10-14(23)17(11)25)18-19-13-6-4-5-7-15(13)26-18/h4-7,11H,8-9H2,1-3H3. The molecule has 4 nitrogen and oxygen atoms in total. The van der Waals surface area contributed by atoms with E-state index in [2.05, 4.69) is 6.08 Å². The second-order valence-corrected chi connectivity index (χ2v) is 11.3. The fourth-order valence-corrected chi connectivity index (χ4v) is 6.75. The van der Waals surface area contributed by atoms with Gasteiger partial charge in [0.1, 0.15) is 5.01 Å². The Labute approximate surface area is 179 Å². The number of hydrogen-bond donors (Lipinski definition) is 0. The van der Waals surface area contributed by atoms with Crippen LogP contribution in [0.4, 0.5) is 0 Å². The van der Waals surface area contributed by atoms with Crippen LogP contribution in [0.25, 0.3) is 15.8 Å². The van der Waals surface area contributed by atoms with Crippen LogP contribution in [0.3, 0.4) is 0 Å². The van der Waals surface area contributed by atoms with Crippen molar-refractivity contribution >= 4 is 87.2 Å². The van der Waals surface area contributed by atoms with E-state index >= 15 is 0 Å². The molecule has 1 aromatic carbocycles. The first kappa shape index (κ1) is 20.9. The molecule has 0 saturated carbocycles. The predicted molar refractivity (Wildman–Crippen MR) is 124 cm³/mol. The van der Waals surface area contributed by atoms with Crippen molar-refractivity contribution in [3.8, 4) is 0 Å². The summed E-state index contributed by atoms with van der Waals surface area (Å²) in [6, 6.07) is 8.58. The number of aromatic nitrogens is 1. The van der Waals surface area contributed by atoms with Crippen LogP contribution in [0.15, 0.2) is 24.3 Å². The Morgan fingerprint density at radius 2 is 1.74 bits per heavy atom. The topological polar surface area (TPSA) is 40.6 Å². The fourth-order valence-electron chi connectivity index (χ4n) is 2.97. The van der Waals surface area contributed by atoms with E-state index in [0.29, 0.717) is 22.2 Å². The average Bonchev–Trinajstić information content (AvgIpc) is 3.12. The quantitative estimate of drug-likeness (QED) is 0.453. The number of nitrogens with zero attached hydrogens (tertiary/aromatic N) is 1. The van der Waals surface area contributed by atoms with Gasteiger partial charge in [0, 0.05) is 54.7 Å². The molecule has 3 rings (SSSR count). The third kappa shape index (κ3) is 4.15. The molecule has 1 heterocycles. The van der Waals surface area contributed by atoms with E-state index in [9.17, 15) is 0 Å². The van der Waals surface area contributed by atoms with Crippen molar-refractivity contribution in [2.75, 3.05) is 21.3 Å². The second kappa shape index (κ2) is 8.71. The first-order chi connectivity index (χ1) is 12.9. The molecule has 0 spiro atoms. The summed E-state index contributed by atoms with van der Waals surface area (Å²) in [7, 11) is 2.08. The van der Waals surface area contributed by atoms with Crippen molar-refractivity contribution in [1.82, 2.24) is 4.98 Å². The minimum absolute atomic E-state index is 0.155. The minimum atomic E-state index is -2.72. The Balaban J connectivity index is 1.89. The van der Waals surface area contributed by atoms with Crippen LogP contribution in [0, 0.1) is 12.0 Å². The summed E-state index contributed by atoms with van der Waals surface area (Å²) >= 11 is 18.4. The van der Waals surface area contributed by atoms with E-state index in [4.69, 9.17) is 54.9 Å². The SMILES string of the molecule is CO[Si](CCC1C(=S)C(=S)[C]=C(c2nc3ccccc3s2)C1=S)(OC)OC. The summed E-state index contributed by atoms with van der Waals surface area (Å²) in [6.45, 7) is 0. The number of thiocarbonyl (C=S) groups is 3. The number of rotatable bonds is 7. The largest absolute Gasteiger partial charge is 0.500 e. The molecule has 1 aromatic heterocycles. The van der Waals surface area contributed by atoms with Gasteiger partial charge in [-0.15, -0.1) is 11.3 Å². The normalized spacial score (nSPS) is 18.3. The lowest BCUT2D eigenvalue weighted by atomic mass is 9.86. The third-order valence-corrected chi connectivity index (χ3v) is 9.77. The van der Waals surface area contributed by atoms with E-state index in [1.54, 1.807) is 32.7 Å². The molecule has 0 aliphatic heterocycles. The molecule has 1 unspecified atom stereocenters. The Morgan fingerprint density at radius 3 is 2.37 bits per heavy atom. The Morgan fingerprint density at radius 1 is 1.07 bits per heavy atom. The van der Waals surface area contributed by atoms with Crippen molar-refractivity contribution in [2.24, 2.45) is 5.92 Å². The van der Waals surface area contributed by atoms with Crippen LogP contribution < -0.4 is 0 Å². The minimum Gasteiger partial charge on any atom is -0.377 e. The van der Waals surface area contributed by atoms with Gasteiger partial charge >= 0.3 is 8.80 Å². The molecule has 0 bridgehead atoms. The number of hydrogen-bond acceptors (Lipinski definition) is 8. The van der Waals surface area contributed by atoms with Gasteiger partial charge in [0.25, 0.3) is 0 Å². The van der Waals surface area contributed by atoms with Gasteiger partial charge in [0.05, 0.1) is 15.1 Å². The van der Waals surface area contributed by atoms with Gasteiger partial charge in [-0.2, -0.15) is 0 Å². The molecule has 0 saturated heterocycles. The summed E-state index contributed by atoms with van der Waals surface area (Å²) < 4.78 is 17.7. The smallest absolute Gasteiger partial charge is 0.377 e. The first-order valence-corrected chi connectivity index (χ1v) is 12.2. The highest BCUT2D eigenvalue weighted by atomic mass is 32.1. The maximum atomic E-state index is 5.78. The van der Waals surface area contributed by atoms with Crippen molar-refractivity contribution < 1.29 is 13.3 Å². The lowest BCUT2D eigenvalue weighted by Crippen LogP contribution is -2.44. The first-order valence-electron chi connectivity index (χ1n) is 8.22. The van der Waals surface area contributed by atoms with E-state index in [1.807, 2.05) is 24.3 Å². The van der Waals surface area contributed by atoms with Crippen molar-refractivity contribution in [1.29, 1.82) is 0 Å². The molecule has 1 aliphatic rings. The molecule has 141 valence electrons. The average molecular weight is 453 g/mol. The molecule has 0 fully saturated rings. The predicted octanol–water partition coefficient (Wildman–Crippen LogP) is 4.49. The molecule has 9 heteroatoms. The Bertz CT molecular complexity index is 894. The van der Waals surface area contributed by atoms with Gasteiger partial charge in [-0.25, -0.2) is 4.98 Å². The number of fused-ring (bicyclic) bond motifs is 1. The van der Waals surface area contributed by atoms with Gasteiger partial charge in [-0.3, -0.25) is 0 Å². The van der Waals surface area contributed by atoms with E-state index < -0.39 is 8.80 Å². The van der Waals surface area contributed by atoms with Gasteiger partial charge in [0.2, 0.25) is 0 Å². The monoisotopic (exact) mass is 452 g/mol. The van der Waals surface area contributed by atoms with Crippen LogP contribution in [0.5, 0.6) is 0 Å². The molecule has 2 aromatic rings. The van der Waals surface area contributed by atoms with Crippen molar-refractivity contribution in [2.45, 2.75) is 12.5 Å². The second-order valence-electron chi connectivity index (χ2n) is 5.93. The molecule has 1 atom stereocenters. The fraction of sp³-hybridized carbons (Fsp3) is 0.333. The number of thiazole rings is 1. The lowest BCUT2D eigenvalue weighted by molar-refractivity contribution is 0.123. The zero-order valence-corrected chi connectivity index (χ0v) is 19.4. The highest BCUT2D eigenvalue weighted by Crippen LogP contribution is 2.34. The highest BCUT2D eigenvalue weighted by molar-refractivity contribution is 7.90. The van der Waals surface area contributed by atoms with E-state index in [-0.39, 0.29) is 5.92 Å². The maximum Gasteiger partial charge on any atom is 0.500 e. The summed E-state index contributed by atoms with van der Waals surface area (Å²) in [4.78, 5) is 6.59. The summed E-state index contributed by atoms with van der Waals surface area (Å²) in [6.07, 6.45) is 3.84. The maximum absolute atomic E-state index is 5.78. The summed E-state index contributed by atoms with van der Waals surface area (Å²) in [5.74, 6) is -0.155. The van der Waals surface area contributed by atoms with E-state index in [0.717, 1.165) is 25.7 Å². The molecule has 1 aliphatic carbocycles. The van der Waals surface area contributed by atoms with E-state index in [1.165, 1.54) is 0 Å². The van der Waals surface area contributed by atoms with Gasteiger partial charge in [0.15, 0.2) is 0 Å². The number of allylic oxidation sites excluding steroid dienone is 2. The molecule has 0 N–H and O–H groups in total. The van der Waals surface area contributed by atoms with Crippen LogP contribution in [0.2, 0.25) is 6.04 Å². The van der Waals surface area contributed by atoms with Crippen molar-refractivity contribution in [3.05, 3.63) is 35.3 Å². The van der Waals surface area contributed by atoms with Crippen LogP contribution >= 0.6 is 48.0 Å². The van der Waals surface area contributed by atoms with Crippen LogP contribution in [-0.4, -0.2) is 49.7 Å². The van der Waals surface area contributed by atoms with Gasteiger partial charge < -0.3 is 13.3 Å². The Hall–Kier alpha value is -0.783. The zero-order chi connectivity index (χ0) is 19.6. The van der Waals surface area contributed by atoms with Crippen molar-refractivity contribution in [3.63, 3.8) is 0 Å². The summed E-state index contributed by atoms with van der Waals surface area (Å²) in [5.41, 5.74) is 1.71. The molecule has 27 heavy (non-hydrogen) atoms. The highest BCUT2D eigenvalue weighted by Gasteiger charge is 2.40. The Kier molecular flexibility index (Phi) is 6.75. The van der Waals surface area contributed by atoms with Gasteiger partial charge in [-0.05, 0) is 18.6 Å². The molecular formula is C18H18NO3S4Si. The van der Waals surface area contributed by atoms with Crippen LogP contribution in [-0.2, 0) is 13.3 Å². The number of benzene rings is 1. The zero-order valence-electron chi connectivity index (χ0n) is 15.1. The molecule has 1 radical (unpaired) electrons. The molecule has 0 amide bonds. The van der Waals surface area contributed by atoms with Gasteiger partial charge in [-0.1, -0.05) is 48.8 Å². The third-order valence-electron chi connectivity index (χ3n) is 4.52. The number of para-hydroxylation sites is 1. The van der Waals surface area contributed by atoms with Crippen LogP contribution in [0.1, 0.15) is 11.4 Å². The lowest BCUT2D eigenvalue weighted by Gasteiger charge is -2.29. The molecular weight excluding hydrogens is 435 g/mol. The summed E-state index contributed by atoms with van der Waals surface area (Å²) in [5, 5.41) is 0.824.